The van der Waals surface area contributed by atoms with E-state index in [2.05, 4.69) is 24.0 Å². The largest absolute Gasteiger partial charge is 0.493 e. The zero-order valence-electron chi connectivity index (χ0n) is 12.5. The molecule has 0 radical (unpaired) electrons. The topological polar surface area (TPSA) is 12.5 Å². The van der Waals surface area contributed by atoms with Crippen LogP contribution in [0.5, 0.6) is 5.75 Å². The molecule has 1 aliphatic carbocycles. The highest BCUT2D eigenvalue weighted by Gasteiger charge is 2.36. The summed E-state index contributed by atoms with van der Waals surface area (Å²) in [6, 6.07) is 5.36. The molecule has 2 nitrogen and oxygen atoms in total. The monoisotopic (exact) mass is 271 g/mol. The number of hydrogen-bond acceptors (Lipinski definition) is 2. The number of nitrogens with zero attached hydrogens (tertiary/aromatic N) is 1. The maximum Gasteiger partial charge on any atom is 0.122 e. The van der Waals surface area contributed by atoms with Crippen LogP contribution in [0.3, 0.4) is 0 Å². The molecule has 108 valence electrons. The van der Waals surface area contributed by atoms with Crippen LogP contribution in [0.1, 0.15) is 42.9 Å². The molecule has 0 bridgehead atoms. The first-order valence-corrected chi connectivity index (χ1v) is 8.37. The fraction of sp³-hybridized carbons (Fsp3) is 0.667. The van der Waals surface area contributed by atoms with Crippen molar-refractivity contribution in [2.24, 2.45) is 5.92 Å². The van der Waals surface area contributed by atoms with Crippen molar-refractivity contribution in [1.82, 2.24) is 4.90 Å². The lowest BCUT2D eigenvalue weighted by atomic mass is 9.73. The van der Waals surface area contributed by atoms with E-state index in [1.165, 1.54) is 56.5 Å². The van der Waals surface area contributed by atoms with Gasteiger partial charge < -0.3 is 4.74 Å². The maximum absolute atomic E-state index is 5.75. The van der Waals surface area contributed by atoms with Gasteiger partial charge in [0.05, 0.1) is 6.61 Å². The molecule has 0 N–H and O–H groups in total. The van der Waals surface area contributed by atoms with Gasteiger partial charge in [0.15, 0.2) is 0 Å². The van der Waals surface area contributed by atoms with E-state index in [9.17, 15) is 0 Å². The van der Waals surface area contributed by atoms with Gasteiger partial charge in [-0.25, -0.2) is 0 Å². The Morgan fingerprint density at radius 2 is 2.20 bits per heavy atom. The van der Waals surface area contributed by atoms with E-state index in [-0.39, 0.29) is 0 Å². The third-order valence-corrected chi connectivity index (χ3v) is 5.53. The van der Waals surface area contributed by atoms with Crippen LogP contribution >= 0.6 is 0 Å². The van der Waals surface area contributed by atoms with Gasteiger partial charge in [-0.1, -0.05) is 13.0 Å². The van der Waals surface area contributed by atoms with Crippen molar-refractivity contribution >= 4 is 0 Å². The molecule has 4 rings (SSSR count). The molecule has 2 aliphatic heterocycles. The highest BCUT2D eigenvalue weighted by molar-refractivity contribution is 5.49. The minimum Gasteiger partial charge on any atom is -0.493 e. The molecule has 1 fully saturated rings. The van der Waals surface area contributed by atoms with Crippen LogP contribution < -0.4 is 4.74 Å². The second kappa shape index (κ2) is 5.07. The van der Waals surface area contributed by atoms with Crippen LogP contribution in [0.4, 0.5) is 0 Å². The van der Waals surface area contributed by atoms with Crippen molar-refractivity contribution in [3.05, 3.63) is 28.8 Å². The Kier molecular flexibility index (Phi) is 3.22. The second-order valence-electron chi connectivity index (χ2n) is 6.69. The number of hydrogen-bond donors (Lipinski definition) is 0. The second-order valence-corrected chi connectivity index (χ2v) is 6.69. The zero-order valence-corrected chi connectivity index (χ0v) is 12.5. The number of piperidine rings is 1. The van der Waals surface area contributed by atoms with E-state index in [4.69, 9.17) is 4.74 Å². The summed E-state index contributed by atoms with van der Waals surface area (Å²) < 4.78 is 5.75. The molecule has 1 aromatic carbocycles. The lowest BCUT2D eigenvalue weighted by Gasteiger charge is -2.45. The molecule has 0 aromatic heterocycles. The Hall–Kier alpha value is -1.02. The van der Waals surface area contributed by atoms with Gasteiger partial charge in [0.2, 0.25) is 0 Å². The van der Waals surface area contributed by atoms with Crippen molar-refractivity contribution in [3.63, 3.8) is 0 Å². The van der Waals surface area contributed by atoms with Crippen molar-refractivity contribution < 1.29 is 4.74 Å². The Balaban J connectivity index is 1.66. The predicted molar refractivity (Wildman–Crippen MR) is 81.4 cm³/mol. The third-order valence-electron chi connectivity index (χ3n) is 5.53. The molecule has 3 aliphatic rings. The van der Waals surface area contributed by atoms with Crippen LogP contribution in [-0.4, -0.2) is 30.6 Å². The van der Waals surface area contributed by atoms with E-state index in [0.717, 1.165) is 25.0 Å². The fourth-order valence-corrected chi connectivity index (χ4v) is 4.64. The molecule has 0 spiro atoms. The van der Waals surface area contributed by atoms with E-state index in [1.54, 1.807) is 11.1 Å². The summed E-state index contributed by atoms with van der Waals surface area (Å²) in [6.07, 6.45) is 7.81. The summed E-state index contributed by atoms with van der Waals surface area (Å²) in [5.41, 5.74) is 4.80. The molecule has 2 unspecified atom stereocenters. The maximum atomic E-state index is 5.75. The molecule has 2 atom stereocenters. The van der Waals surface area contributed by atoms with Gasteiger partial charge in [-0.05, 0) is 68.3 Å². The first-order chi connectivity index (χ1) is 9.86. The normalized spacial score (nSPS) is 28.4. The third kappa shape index (κ3) is 1.96. The van der Waals surface area contributed by atoms with Crippen LogP contribution in [0.15, 0.2) is 12.1 Å². The Labute approximate surface area is 122 Å². The fourth-order valence-electron chi connectivity index (χ4n) is 4.64. The van der Waals surface area contributed by atoms with Crippen molar-refractivity contribution in [1.29, 1.82) is 0 Å². The Morgan fingerprint density at radius 3 is 3.10 bits per heavy atom. The summed E-state index contributed by atoms with van der Waals surface area (Å²) in [7, 11) is 0. The quantitative estimate of drug-likeness (QED) is 0.819. The molecule has 20 heavy (non-hydrogen) atoms. The number of fused-ring (bicyclic) bond motifs is 4. The summed E-state index contributed by atoms with van der Waals surface area (Å²) in [6.45, 7) is 5.80. The molecular weight excluding hydrogens is 246 g/mol. The van der Waals surface area contributed by atoms with Crippen molar-refractivity contribution in [2.45, 2.75) is 51.5 Å². The Bertz CT molecular complexity index is 508. The molecule has 0 amide bonds. The van der Waals surface area contributed by atoms with Crippen LogP contribution in [-0.2, 0) is 19.3 Å². The smallest absolute Gasteiger partial charge is 0.122 e. The van der Waals surface area contributed by atoms with Gasteiger partial charge in [-0.2, -0.15) is 0 Å². The van der Waals surface area contributed by atoms with Gasteiger partial charge in [0.1, 0.15) is 5.75 Å². The molecule has 0 saturated carbocycles. The van der Waals surface area contributed by atoms with Gasteiger partial charge in [0, 0.05) is 18.0 Å². The first kappa shape index (κ1) is 12.7. The summed E-state index contributed by atoms with van der Waals surface area (Å²) in [5, 5.41) is 0. The lowest BCUT2D eigenvalue weighted by Crippen LogP contribution is -2.49. The van der Waals surface area contributed by atoms with E-state index in [0.29, 0.717) is 0 Å². The predicted octanol–water partition coefficient (Wildman–Crippen LogP) is 3.21. The summed E-state index contributed by atoms with van der Waals surface area (Å²) in [5.74, 6) is 2.05. The zero-order chi connectivity index (χ0) is 13.5. The van der Waals surface area contributed by atoms with E-state index in [1.807, 2.05) is 0 Å². The van der Waals surface area contributed by atoms with Gasteiger partial charge in [0.25, 0.3) is 0 Å². The standard InChI is InChI=1S/C18H25NO/c1-2-8-19-9-3-4-14-11-16-13(12-17(14)19)5-6-18-15(16)7-10-20-18/h5-6,14,17H,2-4,7-12H2,1H3. The number of ether oxygens (including phenoxy) is 1. The molecule has 2 heterocycles. The van der Waals surface area contributed by atoms with Crippen LogP contribution in [0, 0.1) is 5.92 Å². The SMILES string of the molecule is CCCN1CCCC2Cc3c(ccc4c3CCO4)CC21. The van der Waals surface area contributed by atoms with Gasteiger partial charge in [-0.15, -0.1) is 0 Å². The van der Waals surface area contributed by atoms with E-state index < -0.39 is 0 Å². The first-order valence-electron chi connectivity index (χ1n) is 8.37. The minimum atomic E-state index is 0.802. The van der Waals surface area contributed by atoms with Crippen LogP contribution in [0.2, 0.25) is 0 Å². The molecule has 1 saturated heterocycles. The average Bonchev–Trinajstić information content (AvgIpc) is 2.95. The highest BCUT2D eigenvalue weighted by atomic mass is 16.5. The van der Waals surface area contributed by atoms with E-state index >= 15 is 0 Å². The molecule has 2 heteroatoms. The average molecular weight is 271 g/mol. The summed E-state index contributed by atoms with van der Waals surface area (Å²) in [4.78, 5) is 2.76. The Morgan fingerprint density at radius 1 is 1.25 bits per heavy atom. The van der Waals surface area contributed by atoms with Crippen molar-refractivity contribution in [3.8, 4) is 5.75 Å². The van der Waals surface area contributed by atoms with Crippen molar-refractivity contribution in [2.75, 3.05) is 19.7 Å². The highest BCUT2D eigenvalue weighted by Crippen LogP contribution is 2.40. The molecular formula is C18H25NO. The number of likely N-dealkylation sites (tertiary alicyclic amines) is 1. The number of rotatable bonds is 2. The lowest BCUT2D eigenvalue weighted by molar-refractivity contribution is 0.0853. The van der Waals surface area contributed by atoms with Crippen LogP contribution in [0.25, 0.3) is 0 Å². The van der Waals surface area contributed by atoms with Gasteiger partial charge >= 0.3 is 0 Å². The number of benzene rings is 1. The molecule has 1 aromatic rings. The van der Waals surface area contributed by atoms with Gasteiger partial charge in [-0.3, -0.25) is 4.90 Å². The summed E-state index contributed by atoms with van der Waals surface area (Å²) >= 11 is 0. The minimum absolute atomic E-state index is 0.802.